The van der Waals surface area contributed by atoms with Crippen molar-refractivity contribution in [3.05, 3.63) is 0 Å². The monoisotopic (exact) mass is 1980 g/mol. The first-order valence-corrected chi connectivity index (χ1v) is 44.6. The second-order valence-electron chi connectivity index (χ2n) is 33.8. The van der Waals surface area contributed by atoms with Crippen LogP contribution < -0.4 is 102 Å². The summed E-state index contributed by atoms with van der Waals surface area (Å²) in [5, 5.41) is 154. The standard InChI is InChI=1S/C81H137N19O38/c1-30(82)67(117)87-31(2)68(118)85-24-16-14-18-45(97-51(109)22-20-43(65(83)115)99-72(122)35(6)90-74(124)37(8)131-63-55(95-41(12)107)78(129)133-49(28-103)61(63)137-80-53(93-39(10)105)59(113)57(111)47(26-101)135-80)76(126)92-34(5)71(121)89-33(4)70(120)88-32(3)69(119)86-25-17-15-19-46(77(127)128)98-52(110)23-21-44(66(84)116)100-73(123)36(7)91-75(125)38(9)132-64-56(96-42(13)108)79(130)134-50(29-104)62(64)138-81-54(94-40(11)106)60(114)58(112)48(27-102)136-81/h30-38,43-50,53-64,78-81,101-104,111-114,129-130H,14-29,82H2,1-13H3,(H2,83,115)(H2,84,116)(H,85,118)(H,86,119)(H,87,117)(H,88,120)(H,89,121)(H,90,124)(H,91,125)(H,92,126)(H,93,105)(H,94,106)(H,95,107)(H,96,108)(H,97,109)(H,98,110)(H,99,122)(H,100,123)(H,127,128). The van der Waals surface area contributed by atoms with E-state index in [1.165, 1.54) is 48.5 Å². The Kier molecular flexibility index (Phi) is 49.9. The van der Waals surface area contributed by atoms with Crippen LogP contribution in [0.2, 0.25) is 0 Å². The van der Waals surface area contributed by atoms with Crippen LogP contribution in [-0.4, -0.2) is 409 Å². The van der Waals surface area contributed by atoms with E-state index in [2.05, 4.69) is 85.1 Å². The smallest absolute Gasteiger partial charge is 0.326 e. The number of carbonyl (C=O) groups is 19. The Morgan fingerprint density at radius 3 is 0.942 bits per heavy atom. The number of aliphatic hydroxyl groups is 10. The number of carboxylic acid groups (broad SMARTS) is 1. The van der Waals surface area contributed by atoms with Crippen molar-refractivity contribution in [3.8, 4) is 0 Å². The molecule has 4 aliphatic heterocycles. The first-order chi connectivity index (χ1) is 64.6. The maximum Gasteiger partial charge on any atom is 0.326 e. The van der Waals surface area contributed by atoms with E-state index in [0.29, 0.717) is 0 Å². The van der Waals surface area contributed by atoms with Crippen molar-refractivity contribution in [1.82, 2.24) is 85.1 Å². The number of primary amides is 2. The average molecular weight is 1990 g/mol. The highest BCUT2D eigenvalue weighted by molar-refractivity contribution is 5.97. The number of carboxylic acids is 1. The molecule has 0 spiro atoms. The van der Waals surface area contributed by atoms with Crippen LogP contribution in [-0.2, 0) is 129 Å². The molecule has 33 atom stereocenters. The largest absolute Gasteiger partial charge is 0.480 e. The zero-order valence-electron chi connectivity index (χ0n) is 78.5. The fourth-order valence-corrected chi connectivity index (χ4v) is 14.5. The molecular formula is C81H137N19O38. The van der Waals surface area contributed by atoms with Gasteiger partial charge in [-0.25, -0.2) is 4.79 Å². The van der Waals surface area contributed by atoms with Crippen LogP contribution in [0.15, 0.2) is 0 Å². The number of aliphatic carboxylic acids is 1. The molecule has 138 heavy (non-hydrogen) atoms. The Morgan fingerprint density at radius 1 is 0.326 bits per heavy atom. The number of hydrogen-bond donors (Lipinski definition) is 30. The molecule has 57 heteroatoms. The van der Waals surface area contributed by atoms with Gasteiger partial charge in [0.05, 0.1) is 32.5 Å². The van der Waals surface area contributed by atoms with E-state index in [1.807, 2.05) is 0 Å². The summed E-state index contributed by atoms with van der Waals surface area (Å²) >= 11 is 0. The zero-order chi connectivity index (χ0) is 104. The number of nitrogens with two attached hydrogens (primary N) is 3. The zero-order valence-corrected chi connectivity index (χ0v) is 78.5. The van der Waals surface area contributed by atoms with Gasteiger partial charge in [0.2, 0.25) is 106 Å². The SMILES string of the molecule is CC(=O)NC1C(OC2C(CO)OC(O)C(NC(C)=O)C2OC(C)C(=O)NC(C)C(=O)NC(CCC(=O)NC(CCCCNC(=O)C(C)NC(=O)C(C)NC(=O)C(C)NC(=O)C(CCCCNC(=O)C(C)NC(=O)C(C)N)NC(=O)CCC(NC(=O)C(C)NC(=O)C(C)OC2C(NC(C)=O)C(O)OC(CO)C2OC2OC(CO)C(O)C(O)C2NC(C)=O)C(N)=O)C(=O)O)C(N)=O)OC(CO)C(O)C1O. The quantitative estimate of drug-likeness (QED) is 0.0251. The molecular weight excluding hydrogens is 1850 g/mol. The van der Waals surface area contributed by atoms with E-state index in [4.69, 9.17) is 55.1 Å². The number of unbranched alkanes of at least 4 members (excludes halogenated alkanes) is 2. The van der Waals surface area contributed by atoms with E-state index < -0.39 is 366 Å². The van der Waals surface area contributed by atoms with Gasteiger partial charge in [0, 0.05) is 53.6 Å². The molecule has 0 aliphatic carbocycles. The molecule has 33 N–H and O–H groups in total. The highest BCUT2D eigenvalue weighted by Gasteiger charge is 2.56. The Balaban J connectivity index is 1.31. The molecule has 4 saturated heterocycles. The fraction of sp³-hybridized carbons (Fsp3) is 0.765. The molecule has 4 heterocycles. The number of carbonyl (C=O) groups excluding carboxylic acids is 18. The lowest BCUT2D eigenvalue weighted by atomic mass is 9.94. The second-order valence-corrected chi connectivity index (χ2v) is 33.8. The molecule has 4 aliphatic rings. The lowest BCUT2D eigenvalue weighted by Gasteiger charge is -2.48. The minimum Gasteiger partial charge on any atom is -0.480 e. The summed E-state index contributed by atoms with van der Waals surface area (Å²) in [6.07, 6.45) is -33.0. The van der Waals surface area contributed by atoms with Gasteiger partial charge < -0.3 is 196 Å². The van der Waals surface area contributed by atoms with E-state index in [0.717, 1.165) is 41.5 Å². The molecule has 33 unspecified atom stereocenters. The molecule has 0 aromatic heterocycles. The predicted octanol–water partition coefficient (Wildman–Crippen LogP) is -15.9. The van der Waals surface area contributed by atoms with E-state index >= 15 is 0 Å². The van der Waals surface area contributed by atoms with Gasteiger partial charge >= 0.3 is 5.97 Å². The first-order valence-electron chi connectivity index (χ1n) is 44.6. The summed E-state index contributed by atoms with van der Waals surface area (Å²) < 4.78 is 46.7. The van der Waals surface area contributed by atoms with Crippen LogP contribution in [0.1, 0.15) is 154 Å². The van der Waals surface area contributed by atoms with Crippen molar-refractivity contribution < 1.29 is 185 Å². The maximum absolute atomic E-state index is 14.0. The summed E-state index contributed by atoms with van der Waals surface area (Å²) in [5.41, 5.74) is 16.8. The summed E-state index contributed by atoms with van der Waals surface area (Å²) in [7, 11) is 0. The number of ether oxygens (including phenoxy) is 8. The van der Waals surface area contributed by atoms with Crippen molar-refractivity contribution in [3.63, 3.8) is 0 Å². The summed E-state index contributed by atoms with van der Waals surface area (Å²) in [6, 6.07) is -21.6. The Hall–Kier alpha value is -10.8. The predicted molar refractivity (Wildman–Crippen MR) is 466 cm³/mol. The van der Waals surface area contributed by atoms with Crippen LogP contribution in [0.4, 0.5) is 0 Å². The van der Waals surface area contributed by atoms with Gasteiger partial charge in [0.25, 0.3) is 0 Å². The first kappa shape index (κ1) is 119. The number of hydrogen-bond acceptors (Lipinski definition) is 38. The molecule has 4 rings (SSSR count). The van der Waals surface area contributed by atoms with Gasteiger partial charge in [-0.05, 0) is 114 Å². The summed E-state index contributed by atoms with van der Waals surface area (Å²) in [4.78, 5) is 248. The third-order valence-corrected chi connectivity index (χ3v) is 22.3. The van der Waals surface area contributed by atoms with Crippen molar-refractivity contribution in [2.24, 2.45) is 17.2 Å². The van der Waals surface area contributed by atoms with Crippen molar-refractivity contribution in [1.29, 1.82) is 0 Å². The maximum atomic E-state index is 14.0. The van der Waals surface area contributed by atoms with Gasteiger partial charge in [0.1, 0.15) is 170 Å². The van der Waals surface area contributed by atoms with Crippen molar-refractivity contribution in [2.45, 2.75) is 355 Å². The second kappa shape index (κ2) is 57.7. The highest BCUT2D eigenvalue weighted by atomic mass is 16.7. The molecule has 0 bridgehead atoms. The van der Waals surface area contributed by atoms with E-state index in [-0.39, 0.29) is 51.6 Å². The van der Waals surface area contributed by atoms with Crippen LogP contribution in [0.3, 0.4) is 0 Å². The molecule has 0 radical (unpaired) electrons. The van der Waals surface area contributed by atoms with Gasteiger partial charge in [-0.2, -0.15) is 0 Å². The average Bonchev–Trinajstić information content (AvgIpc) is 0.775. The van der Waals surface area contributed by atoms with Gasteiger partial charge in [0.15, 0.2) is 25.2 Å². The van der Waals surface area contributed by atoms with Crippen LogP contribution in [0, 0.1) is 0 Å². The number of rotatable bonds is 55. The molecule has 57 nitrogen and oxygen atoms in total. The van der Waals surface area contributed by atoms with Crippen molar-refractivity contribution in [2.75, 3.05) is 39.5 Å². The van der Waals surface area contributed by atoms with Gasteiger partial charge in [-0.15, -0.1) is 0 Å². The molecule has 0 aromatic carbocycles. The highest BCUT2D eigenvalue weighted by Crippen LogP contribution is 2.34. The fourth-order valence-electron chi connectivity index (χ4n) is 14.5. The van der Waals surface area contributed by atoms with Crippen LogP contribution >= 0.6 is 0 Å². The van der Waals surface area contributed by atoms with Crippen LogP contribution in [0.5, 0.6) is 0 Å². The lowest BCUT2D eigenvalue weighted by Crippen LogP contribution is -2.70. The van der Waals surface area contributed by atoms with E-state index in [1.54, 1.807) is 0 Å². The minimum absolute atomic E-state index is 0.00778. The molecule has 0 aromatic rings. The molecule has 784 valence electrons. The van der Waals surface area contributed by atoms with Gasteiger partial charge in [-0.3, -0.25) is 86.3 Å². The molecule has 4 fully saturated rings. The van der Waals surface area contributed by atoms with Crippen LogP contribution in [0.25, 0.3) is 0 Å². The van der Waals surface area contributed by atoms with Crippen molar-refractivity contribution >= 4 is 112 Å². The molecule has 18 amide bonds. The topological polar surface area (TPSA) is 891 Å². The van der Waals surface area contributed by atoms with Gasteiger partial charge in [-0.1, -0.05) is 0 Å². The minimum atomic E-state index is -1.96. The number of amides is 18. The Bertz CT molecular complexity index is 4150. The summed E-state index contributed by atoms with van der Waals surface area (Å²) in [5.74, 6) is -17.6. The molecule has 0 saturated carbocycles. The number of aliphatic hydroxyl groups excluding tert-OH is 10. The normalized spacial score (nSPS) is 27.4. The third-order valence-electron chi connectivity index (χ3n) is 22.3. The van der Waals surface area contributed by atoms with E-state index in [9.17, 15) is 147 Å². The lowest BCUT2D eigenvalue weighted by molar-refractivity contribution is -0.333. The summed E-state index contributed by atoms with van der Waals surface area (Å²) in [6.45, 7) is 11.7. The third kappa shape index (κ3) is 37.4. The Morgan fingerprint density at radius 2 is 0.623 bits per heavy atom. The number of nitrogens with one attached hydrogen (secondary N) is 16. The Labute approximate surface area is 791 Å².